The number of nitrogens with zero attached hydrogens (tertiary/aromatic N) is 3. The van der Waals surface area contributed by atoms with Gasteiger partial charge in [0.1, 0.15) is 11.6 Å². The first-order valence-electron chi connectivity index (χ1n) is 9.38. The van der Waals surface area contributed by atoms with Gasteiger partial charge >= 0.3 is 0 Å². The number of anilines is 4. The third-order valence-corrected chi connectivity index (χ3v) is 5.44. The van der Waals surface area contributed by atoms with Crippen LogP contribution >= 0.6 is 11.8 Å². The number of rotatable bonds is 8. The topological polar surface area (TPSA) is 115 Å². The number of thioether (sulfide) groups is 1. The van der Waals surface area contributed by atoms with Gasteiger partial charge < -0.3 is 21.1 Å². The minimum absolute atomic E-state index is 0.110. The van der Waals surface area contributed by atoms with Crippen molar-refractivity contribution in [2.24, 2.45) is 0 Å². The molecule has 2 atom stereocenters. The Labute approximate surface area is 179 Å². The molecule has 0 fully saturated rings. The molecule has 2 aromatic carbocycles. The minimum atomic E-state index is -0.328. The summed E-state index contributed by atoms with van der Waals surface area (Å²) in [6.07, 6.45) is 0. The Morgan fingerprint density at radius 1 is 1.00 bits per heavy atom. The highest BCUT2D eigenvalue weighted by Crippen LogP contribution is 2.31. The van der Waals surface area contributed by atoms with Gasteiger partial charge in [0.2, 0.25) is 17.8 Å². The van der Waals surface area contributed by atoms with Crippen molar-refractivity contribution >= 4 is 40.9 Å². The molecule has 30 heavy (non-hydrogen) atoms. The standard InChI is InChI=1S/C21H24N6O2S/c1-13(30-14(2)19(28)23-16-9-11-17(29-3)12-10-16)18-25-20(22)27-21(26-18)24-15-7-5-4-6-8-15/h4-14H,1-3H3,(H,23,28)(H3,22,24,25,26,27). The number of methoxy groups -OCH3 is 1. The third-order valence-electron chi connectivity index (χ3n) is 4.20. The Morgan fingerprint density at radius 3 is 2.37 bits per heavy atom. The Kier molecular flexibility index (Phi) is 7.08. The van der Waals surface area contributed by atoms with Gasteiger partial charge in [-0.3, -0.25) is 4.79 Å². The molecule has 0 aliphatic carbocycles. The summed E-state index contributed by atoms with van der Waals surface area (Å²) in [6, 6.07) is 16.8. The molecule has 4 N–H and O–H groups in total. The number of para-hydroxylation sites is 1. The van der Waals surface area contributed by atoms with Crippen LogP contribution in [-0.2, 0) is 4.79 Å². The van der Waals surface area contributed by atoms with E-state index in [4.69, 9.17) is 10.5 Å². The molecule has 0 aliphatic rings. The first-order valence-corrected chi connectivity index (χ1v) is 10.3. The first-order chi connectivity index (χ1) is 14.4. The smallest absolute Gasteiger partial charge is 0.237 e. The summed E-state index contributed by atoms with van der Waals surface area (Å²) in [5, 5.41) is 5.53. The average molecular weight is 425 g/mol. The second kappa shape index (κ2) is 9.93. The van der Waals surface area contributed by atoms with Crippen LogP contribution in [0.15, 0.2) is 54.6 Å². The molecule has 1 aromatic heterocycles. The molecule has 8 nitrogen and oxygen atoms in total. The molecule has 0 spiro atoms. The molecule has 2 unspecified atom stereocenters. The molecular formula is C21H24N6O2S. The van der Waals surface area contributed by atoms with E-state index in [2.05, 4.69) is 25.6 Å². The summed E-state index contributed by atoms with van der Waals surface area (Å²) >= 11 is 1.44. The highest BCUT2D eigenvalue weighted by molar-refractivity contribution is 8.00. The lowest BCUT2D eigenvalue weighted by Gasteiger charge is -2.17. The van der Waals surface area contributed by atoms with Gasteiger partial charge in [0.05, 0.1) is 17.6 Å². The predicted octanol–water partition coefficient (Wildman–Crippen LogP) is 4.03. The number of hydrogen-bond acceptors (Lipinski definition) is 8. The highest BCUT2D eigenvalue weighted by atomic mass is 32.2. The molecule has 0 saturated carbocycles. The van der Waals surface area contributed by atoms with E-state index in [0.717, 1.165) is 11.4 Å². The fourth-order valence-electron chi connectivity index (χ4n) is 2.64. The molecule has 0 saturated heterocycles. The van der Waals surface area contributed by atoms with Crippen LogP contribution in [0.3, 0.4) is 0 Å². The molecule has 0 aliphatic heterocycles. The van der Waals surface area contributed by atoms with Crippen molar-refractivity contribution in [2.75, 3.05) is 23.5 Å². The van der Waals surface area contributed by atoms with Gasteiger partial charge in [0.25, 0.3) is 0 Å². The maximum absolute atomic E-state index is 12.6. The van der Waals surface area contributed by atoms with Gasteiger partial charge in [0, 0.05) is 11.4 Å². The van der Waals surface area contributed by atoms with Gasteiger partial charge in [-0.05, 0) is 50.2 Å². The van der Waals surface area contributed by atoms with Crippen LogP contribution in [0.1, 0.15) is 24.9 Å². The molecule has 1 heterocycles. The molecule has 1 amide bonds. The van der Waals surface area contributed by atoms with Crippen LogP contribution in [0.2, 0.25) is 0 Å². The first kappa shape index (κ1) is 21.4. The summed E-state index contributed by atoms with van der Waals surface area (Å²) in [5.41, 5.74) is 7.42. The zero-order valence-corrected chi connectivity index (χ0v) is 17.8. The second-order valence-electron chi connectivity index (χ2n) is 6.50. The van der Waals surface area contributed by atoms with Crippen LogP contribution in [0.5, 0.6) is 5.75 Å². The highest BCUT2D eigenvalue weighted by Gasteiger charge is 2.21. The number of ether oxygens (including phenoxy) is 1. The molecule has 156 valence electrons. The van der Waals surface area contributed by atoms with Crippen molar-refractivity contribution < 1.29 is 9.53 Å². The number of nitrogens with two attached hydrogens (primary N) is 1. The van der Waals surface area contributed by atoms with E-state index in [0.29, 0.717) is 17.5 Å². The van der Waals surface area contributed by atoms with E-state index < -0.39 is 0 Å². The Balaban J connectivity index is 1.63. The van der Waals surface area contributed by atoms with Gasteiger partial charge in [-0.15, -0.1) is 11.8 Å². The third kappa shape index (κ3) is 5.84. The van der Waals surface area contributed by atoms with E-state index in [-0.39, 0.29) is 22.4 Å². The van der Waals surface area contributed by atoms with Crippen molar-refractivity contribution in [3.05, 3.63) is 60.4 Å². The lowest BCUT2D eigenvalue weighted by atomic mass is 10.3. The number of aromatic nitrogens is 3. The molecule has 0 radical (unpaired) electrons. The Morgan fingerprint density at radius 2 is 1.70 bits per heavy atom. The lowest BCUT2D eigenvalue weighted by Crippen LogP contribution is -2.23. The summed E-state index contributed by atoms with van der Waals surface area (Å²) in [4.78, 5) is 25.4. The largest absolute Gasteiger partial charge is 0.497 e. The van der Waals surface area contributed by atoms with Crippen LogP contribution in [0.25, 0.3) is 0 Å². The summed E-state index contributed by atoms with van der Waals surface area (Å²) in [7, 11) is 1.60. The molecular weight excluding hydrogens is 400 g/mol. The number of nitrogen functional groups attached to an aromatic ring is 1. The Hall–Kier alpha value is -3.33. The van der Waals surface area contributed by atoms with Gasteiger partial charge in [-0.2, -0.15) is 15.0 Å². The van der Waals surface area contributed by atoms with Crippen molar-refractivity contribution in [2.45, 2.75) is 24.3 Å². The number of carbonyl (C=O) groups is 1. The zero-order chi connectivity index (χ0) is 21.5. The van der Waals surface area contributed by atoms with Crippen LogP contribution in [0.4, 0.5) is 23.3 Å². The van der Waals surface area contributed by atoms with Crippen molar-refractivity contribution in [1.29, 1.82) is 0 Å². The number of nitrogens with one attached hydrogen (secondary N) is 2. The SMILES string of the molecule is COc1ccc(NC(=O)C(C)SC(C)c2nc(N)nc(Nc3ccccc3)n2)cc1. The van der Waals surface area contributed by atoms with Crippen LogP contribution in [0, 0.1) is 0 Å². The quantitative estimate of drug-likeness (QED) is 0.496. The van der Waals surface area contributed by atoms with Crippen molar-refractivity contribution in [1.82, 2.24) is 15.0 Å². The van der Waals surface area contributed by atoms with Crippen molar-refractivity contribution in [3.8, 4) is 5.75 Å². The summed E-state index contributed by atoms with van der Waals surface area (Å²) < 4.78 is 5.13. The minimum Gasteiger partial charge on any atom is -0.497 e. The fraction of sp³-hybridized carbons (Fsp3) is 0.238. The zero-order valence-electron chi connectivity index (χ0n) is 17.0. The molecule has 3 aromatic rings. The van der Waals surface area contributed by atoms with Crippen LogP contribution < -0.4 is 21.1 Å². The van der Waals surface area contributed by atoms with Crippen molar-refractivity contribution in [3.63, 3.8) is 0 Å². The summed E-state index contributed by atoms with van der Waals surface area (Å²) in [6.45, 7) is 3.77. The van der Waals surface area contributed by atoms with Gasteiger partial charge in [-0.25, -0.2) is 0 Å². The Bertz CT molecular complexity index is 985. The fourth-order valence-corrected chi connectivity index (χ4v) is 3.67. The van der Waals surface area contributed by atoms with E-state index in [9.17, 15) is 4.79 Å². The number of amides is 1. The van der Waals surface area contributed by atoms with Crippen LogP contribution in [-0.4, -0.2) is 33.2 Å². The molecule has 9 heteroatoms. The lowest BCUT2D eigenvalue weighted by molar-refractivity contribution is -0.115. The molecule has 3 rings (SSSR count). The monoisotopic (exact) mass is 424 g/mol. The van der Waals surface area contributed by atoms with Gasteiger partial charge in [0.15, 0.2) is 0 Å². The maximum Gasteiger partial charge on any atom is 0.237 e. The number of hydrogen-bond donors (Lipinski definition) is 3. The summed E-state index contributed by atoms with van der Waals surface area (Å²) in [5.74, 6) is 1.63. The number of benzene rings is 2. The van der Waals surface area contributed by atoms with E-state index in [1.807, 2.05) is 44.2 Å². The average Bonchev–Trinajstić information content (AvgIpc) is 2.74. The molecule has 0 bridgehead atoms. The predicted molar refractivity (Wildman–Crippen MR) is 121 cm³/mol. The van der Waals surface area contributed by atoms with E-state index in [1.54, 1.807) is 31.4 Å². The maximum atomic E-state index is 12.6. The second-order valence-corrected chi connectivity index (χ2v) is 8.19. The van der Waals surface area contributed by atoms with Gasteiger partial charge in [-0.1, -0.05) is 18.2 Å². The van der Waals surface area contributed by atoms with E-state index in [1.165, 1.54) is 11.8 Å². The normalized spacial score (nSPS) is 12.6. The number of carbonyl (C=O) groups excluding carboxylic acids is 1. The van der Waals surface area contributed by atoms with E-state index >= 15 is 0 Å².